The van der Waals surface area contributed by atoms with Gasteiger partial charge < -0.3 is 15.0 Å². The topological polar surface area (TPSA) is 61.3 Å². The summed E-state index contributed by atoms with van der Waals surface area (Å²) < 4.78 is 10.7. The molecule has 0 fully saturated rings. The number of benzene rings is 1. The fourth-order valence-corrected chi connectivity index (χ4v) is 2.02. The van der Waals surface area contributed by atoms with Crippen LogP contribution in [0.1, 0.15) is 32.0 Å². The van der Waals surface area contributed by atoms with Crippen molar-refractivity contribution in [2.45, 2.75) is 33.1 Å². The summed E-state index contributed by atoms with van der Waals surface area (Å²) in [5.41, 5.74) is 9.29. The predicted octanol–water partition coefficient (Wildman–Crippen LogP) is 3.54. The van der Waals surface area contributed by atoms with Gasteiger partial charge in [-0.3, -0.25) is 0 Å². The normalized spacial score (nSPS) is 11.6. The summed E-state index contributed by atoms with van der Waals surface area (Å²) in [5.74, 6) is 1.48. The molecule has 102 valence electrons. The molecule has 0 unspecified atom stereocenters. The molecule has 0 radical (unpaired) electrons. The van der Waals surface area contributed by atoms with E-state index in [-0.39, 0.29) is 5.41 Å². The minimum absolute atomic E-state index is 0.0226. The molecule has 0 atom stereocenters. The second-order valence-corrected chi connectivity index (χ2v) is 5.68. The first-order valence-corrected chi connectivity index (χ1v) is 6.25. The van der Waals surface area contributed by atoms with E-state index in [1.165, 1.54) is 0 Å². The number of rotatable bonds is 2. The van der Waals surface area contributed by atoms with Gasteiger partial charge >= 0.3 is 0 Å². The molecule has 0 aliphatic carbocycles. The summed E-state index contributed by atoms with van der Waals surface area (Å²) in [6, 6.07) is 5.92. The van der Waals surface area contributed by atoms with Gasteiger partial charge in [0.05, 0.1) is 7.11 Å². The van der Waals surface area contributed by atoms with Crippen LogP contribution in [0.2, 0.25) is 0 Å². The number of aromatic nitrogens is 1. The fraction of sp³-hybridized carbons (Fsp3) is 0.400. The van der Waals surface area contributed by atoms with Crippen molar-refractivity contribution >= 4 is 5.69 Å². The van der Waals surface area contributed by atoms with E-state index in [9.17, 15) is 0 Å². The maximum absolute atomic E-state index is 5.98. The molecule has 1 aromatic heterocycles. The van der Waals surface area contributed by atoms with Gasteiger partial charge in [0.2, 0.25) is 0 Å². The van der Waals surface area contributed by atoms with Gasteiger partial charge in [-0.25, -0.2) is 0 Å². The predicted molar refractivity (Wildman–Crippen MR) is 76.3 cm³/mol. The second kappa shape index (κ2) is 4.61. The molecule has 0 saturated heterocycles. The molecule has 0 amide bonds. The van der Waals surface area contributed by atoms with Crippen molar-refractivity contribution in [1.82, 2.24) is 5.16 Å². The average Bonchev–Trinajstić information content (AvgIpc) is 2.68. The van der Waals surface area contributed by atoms with Gasteiger partial charge in [0, 0.05) is 11.1 Å². The van der Waals surface area contributed by atoms with Gasteiger partial charge in [-0.2, -0.15) is 0 Å². The Bertz CT molecular complexity index is 595. The number of nitrogen functional groups attached to an aromatic ring is 1. The second-order valence-electron chi connectivity index (χ2n) is 5.68. The van der Waals surface area contributed by atoms with Gasteiger partial charge in [-0.15, -0.1) is 0 Å². The molecule has 0 saturated carbocycles. The molecule has 2 N–H and O–H groups in total. The molecule has 0 bridgehead atoms. The SMILES string of the molecule is COc1ccc(-c2onc(C)c2N)cc1C(C)(C)C. The molecule has 4 heteroatoms. The highest BCUT2D eigenvalue weighted by atomic mass is 16.5. The number of anilines is 1. The molecule has 1 heterocycles. The van der Waals surface area contributed by atoms with Crippen LogP contribution >= 0.6 is 0 Å². The van der Waals surface area contributed by atoms with Crippen LogP contribution in [0.3, 0.4) is 0 Å². The van der Waals surface area contributed by atoms with E-state index in [0.29, 0.717) is 17.1 Å². The van der Waals surface area contributed by atoms with Crippen LogP contribution in [0.25, 0.3) is 11.3 Å². The van der Waals surface area contributed by atoms with E-state index >= 15 is 0 Å². The van der Waals surface area contributed by atoms with Crippen LogP contribution < -0.4 is 10.5 Å². The van der Waals surface area contributed by atoms with E-state index in [1.54, 1.807) is 7.11 Å². The van der Waals surface area contributed by atoms with Crippen LogP contribution in [0, 0.1) is 6.92 Å². The van der Waals surface area contributed by atoms with E-state index in [4.69, 9.17) is 15.0 Å². The van der Waals surface area contributed by atoms with Crippen molar-refractivity contribution < 1.29 is 9.26 Å². The largest absolute Gasteiger partial charge is 0.496 e. The standard InChI is InChI=1S/C15H20N2O2/c1-9-13(16)14(19-17-9)10-6-7-12(18-5)11(8-10)15(2,3)4/h6-8H,16H2,1-5H3. The Morgan fingerprint density at radius 2 is 1.95 bits per heavy atom. The Kier molecular flexibility index (Phi) is 3.27. The first kappa shape index (κ1) is 13.5. The van der Waals surface area contributed by atoms with E-state index in [2.05, 4.69) is 32.0 Å². The van der Waals surface area contributed by atoms with Crippen molar-refractivity contribution in [3.63, 3.8) is 0 Å². The average molecular weight is 260 g/mol. The Morgan fingerprint density at radius 3 is 2.42 bits per heavy atom. The number of nitrogens with zero attached hydrogens (tertiary/aromatic N) is 1. The van der Waals surface area contributed by atoms with Gasteiger partial charge in [0.15, 0.2) is 5.76 Å². The van der Waals surface area contributed by atoms with Crippen LogP contribution in [0.15, 0.2) is 22.7 Å². The summed E-state index contributed by atoms with van der Waals surface area (Å²) in [6.45, 7) is 8.26. The molecular weight excluding hydrogens is 240 g/mol. The molecule has 2 rings (SSSR count). The highest BCUT2D eigenvalue weighted by Gasteiger charge is 2.21. The van der Waals surface area contributed by atoms with Gasteiger partial charge in [0.25, 0.3) is 0 Å². The third-order valence-corrected chi connectivity index (χ3v) is 3.18. The highest BCUT2D eigenvalue weighted by molar-refractivity contribution is 5.73. The maximum Gasteiger partial charge on any atom is 0.190 e. The zero-order chi connectivity index (χ0) is 14.2. The summed E-state index contributed by atoms with van der Waals surface area (Å²) >= 11 is 0. The third kappa shape index (κ3) is 2.43. The maximum atomic E-state index is 5.98. The summed E-state index contributed by atoms with van der Waals surface area (Å²) in [5, 5.41) is 3.90. The lowest BCUT2D eigenvalue weighted by atomic mass is 9.85. The Morgan fingerprint density at radius 1 is 1.26 bits per heavy atom. The molecule has 4 nitrogen and oxygen atoms in total. The Balaban J connectivity index is 2.58. The number of hydrogen-bond acceptors (Lipinski definition) is 4. The first-order chi connectivity index (χ1) is 8.84. The Labute approximate surface area is 113 Å². The lowest BCUT2D eigenvalue weighted by molar-refractivity contribution is 0.397. The van der Waals surface area contributed by atoms with Gasteiger partial charge in [-0.1, -0.05) is 25.9 Å². The lowest BCUT2D eigenvalue weighted by Crippen LogP contribution is -2.12. The number of methoxy groups -OCH3 is 1. The Hall–Kier alpha value is -1.97. The molecular formula is C15H20N2O2. The molecule has 1 aromatic carbocycles. The van der Waals surface area contributed by atoms with Crippen molar-refractivity contribution in [3.8, 4) is 17.1 Å². The first-order valence-electron chi connectivity index (χ1n) is 6.25. The zero-order valence-electron chi connectivity index (χ0n) is 12.1. The van der Waals surface area contributed by atoms with Crippen molar-refractivity contribution in [1.29, 1.82) is 0 Å². The number of ether oxygens (including phenoxy) is 1. The van der Waals surface area contributed by atoms with Crippen LogP contribution in [-0.4, -0.2) is 12.3 Å². The fourth-order valence-electron chi connectivity index (χ4n) is 2.02. The van der Waals surface area contributed by atoms with Crippen molar-refractivity contribution in [2.24, 2.45) is 0 Å². The number of aryl methyl sites for hydroxylation is 1. The minimum atomic E-state index is -0.0226. The molecule has 2 aromatic rings. The highest BCUT2D eigenvalue weighted by Crippen LogP contribution is 2.36. The third-order valence-electron chi connectivity index (χ3n) is 3.18. The van der Waals surface area contributed by atoms with Gasteiger partial charge in [0.1, 0.15) is 17.1 Å². The van der Waals surface area contributed by atoms with E-state index < -0.39 is 0 Å². The zero-order valence-corrected chi connectivity index (χ0v) is 12.1. The molecule has 0 aliphatic heterocycles. The number of nitrogens with two attached hydrogens (primary N) is 1. The smallest absolute Gasteiger partial charge is 0.190 e. The minimum Gasteiger partial charge on any atom is -0.496 e. The number of hydrogen-bond donors (Lipinski definition) is 1. The molecule has 19 heavy (non-hydrogen) atoms. The summed E-state index contributed by atoms with van der Waals surface area (Å²) in [4.78, 5) is 0. The quantitative estimate of drug-likeness (QED) is 0.897. The van der Waals surface area contributed by atoms with E-state index in [0.717, 1.165) is 16.9 Å². The van der Waals surface area contributed by atoms with Crippen LogP contribution in [0.4, 0.5) is 5.69 Å². The monoisotopic (exact) mass is 260 g/mol. The molecule has 0 spiro atoms. The lowest BCUT2D eigenvalue weighted by Gasteiger charge is -2.22. The van der Waals surface area contributed by atoms with Crippen molar-refractivity contribution in [2.75, 3.05) is 12.8 Å². The van der Waals surface area contributed by atoms with Crippen LogP contribution in [-0.2, 0) is 5.41 Å². The summed E-state index contributed by atoms with van der Waals surface area (Å²) in [6.07, 6.45) is 0. The molecule has 0 aliphatic rings. The summed E-state index contributed by atoms with van der Waals surface area (Å²) in [7, 11) is 1.68. The van der Waals surface area contributed by atoms with Crippen molar-refractivity contribution in [3.05, 3.63) is 29.5 Å². The van der Waals surface area contributed by atoms with Crippen LogP contribution in [0.5, 0.6) is 5.75 Å². The van der Waals surface area contributed by atoms with E-state index in [1.807, 2.05) is 19.1 Å². The van der Waals surface area contributed by atoms with Gasteiger partial charge in [-0.05, 0) is 30.5 Å².